The Bertz CT molecular complexity index is 794. The zero-order valence-corrected chi connectivity index (χ0v) is 17.2. The molecule has 0 fully saturated rings. The molecule has 0 spiro atoms. The molecule has 0 aliphatic heterocycles. The Hall–Kier alpha value is -3.06. The number of hydrogen-bond donors (Lipinski definition) is 2. The van der Waals surface area contributed by atoms with Gasteiger partial charge in [0, 0.05) is 45.2 Å². The zero-order chi connectivity index (χ0) is 21.1. The summed E-state index contributed by atoms with van der Waals surface area (Å²) in [6.07, 6.45) is 0.740. The number of nitrogens with zero attached hydrogens (tertiary/aromatic N) is 1. The van der Waals surface area contributed by atoms with Crippen LogP contribution in [0.25, 0.3) is 0 Å². The van der Waals surface area contributed by atoms with Crippen molar-refractivity contribution in [3.8, 4) is 5.75 Å². The summed E-state index contributed by atoms with van der Waals surface area (Å²) < 4.78 is 10.7. The molecule has 7 nitrogen and oxygen atoms in total. The molecule has 2 aromatic carbocycles. The van der Waals surface area contributed by atoms with Crippen LogP contribution in [0.15, 0.2) is 48.5 Å². The highest BCUT2D eigenvalue weighted by atomic mass is 16.5. The molecule has 0 aromatic heterocycles. The fraction of sp³-hybridized carbons (Fsp3) is 0.364. The molecule has 0 bridgehead atoms. The van der Waals surface area contributed by atoms with Crippen molar-refractivity contribution >= 4 is 23.2 Å². The van der Waals surface area contributed by atoms with Gasteiger partial charge in [-0.05, 0) is 43.7 Å². The fourth-order valence-corrected chi connectivity index (χ4v) is 2.66. The Morgan fingerprint density at radius 2 is 1.83 bits per heavy atom. The van der Waals surface area contributed by atoms with Crippen molar-refractivity contribution in [3.63, 3.8) is 0 Å². The summed E-state index contributed by atoms with van der Waals surface area (Å²) in [4.78, 5) is 26.7. The van der Waals surface area contributed by atoms with Crippen molar-refractivity contribution in [3.05, 3.63) is 54.1 Å². The van der Waals surface area contributed by atoms with E-state index < -0.39 is 0 Å². The van der Waals surface area contributed by atoms with Gasteiger partial charge in [-0.1, -0.05) is 18.2 Å². The first-order valence-corrected chi connectivity index (χ1v) is 9.66. The summed E-state index contributed by atoms with van der Waals surface area (Å²) in [5.41, 5.74) is 1.80. The van der Waals surface area contributed by atoms with Crippen LogP contribution in [-0.2, 0) is 9.53 Å². The molecule has 7 heteroatoms. The third-order valence-corrected chi connectivity index (χ3v) is 4.08. The zero-order valence-electron chi connectivity index (χ0n) is 17.2. The quantitative estimate of drug-likeness (QED) is 0.568. The second kappa shape index (κ2) is 11.7. The third kappa shape index (κ3) is 7.46. The minimum atomic E-state index is -0.297. The minimum absolute atomic E-state index is 0.113. The molecular weight excluding hydrogens is 370 g/mol. The Balaban J connectivity index is 1.98. The lowest BCUT2D eigenvalue weighted by Crippen LogP contribution is -2.28. The number of benzene rings is 2. The van der Waals surface area contributed by atoms with Crippen LogP contribution in [0.1, 0.15) is 23.7 Å². The van der Waals surface area contributed by atoms with E-state index in [2.05, 4.69) is 10.6 Å². The van der Waals surface area contributed by atoms with E-state index in [0.717, 1.165) is 12.1 Å². The molecule has 0 radical (unpaired) electrons. The van der Waals surface area contributed by atoms with E-state index in [1.807, 2.05) is 50.2 Å². The monoisotopic (exact) mass is 399 g/mol. The topological polar surface area (TPSA) is 79.9 Å². The van der Waals surface area contributed by atoms with Crippen molar-refractivity contribution in [1.82, 2.24) is 5.32 Å². The van der Waals surface area contributed by atoms with Gasteiger partial charge in [-0.15, -0.1) is 0 Å². The van der Waals surface area contributed by atoms with Crippen LogP contribution in [0.2, 0.25) is 0 Å². The van der Waals surface area contributed by atoms with Gasteiger partial charge in [0.1, 0.15) is 5.75 Å². The van der Waals surface area contributed by atoms with E-state index in [4.69, 9.17) is 9.47 Å². The average molecular weight is 399 g/mol. The van der Waals surface area contributed by atoms with E-state index in [-0.39, 0.29) is 18.4 Å². The first-order chi connectivity index (χ1) is 14.0. The Labute approximate surface area is 172 Å². The summed E-state index contributed by atoms with van der Waals surface area (Å²) in [6, 6.07) is 14.4. The smallest absolute Gasteiger partial charge is 0.262 e. The molecule has 0 heterocycles. The van der Waals surface area contributed by atoms with Crippen LogP contribution in [0.4, 0.5) is 11.4 Å². The van der Waals surface area contributed by atoms with Gasteiger partial charge in [0.2, 0.25) is 0 Å². The maximum atomic E-state index is 12.6. The van der Waals surface area contributed by atoms with Gasteiger partial charge in [0.15, 0.2) is 6.61 Å². The second-order valence-corrected chi connectivity index (χ2v) is 6.58. The Kier molecular flexibility index (Phi) is 8.98. The van der Waals surface area contributed by atoms with Crippen LogP contribution in [0.5, 0.6) is 5.75 Å². The molecule has 0 saturated heterocycles. The molecule has 0 unspecified atom stereocenters. The van der Waals surface area contributed by atoms with Crippen molar-refractivity contribution in [1.29, 1.82) is 0 Å². The van der Waals surface area contributed by atoms with E-state index in [1.165, 1.54) is 0 Å². The molecule has 29 heavy (non-hydrogen) atoms. The normalized spacial score (nSPS) is 10.3. The number of amides is 2. The van der Waals surface area contributed by atoms with Gasteiger partial charge in [-0.25, -0.2) is 0 Å². The van der Waals surface area contributed by atoms with Crippen molar-refractivity contribution in [2.75, 3.05) is 50.7 Å². The molecule has 2 amide bonds. The number of ether oxygens (including phenoxy) is 2. The number of para-hydroxylation sites is 1. The van der Waals surface area contributed by atoms with Crippen LogP contribution >= 0.6 is 0 Å². The Morgan fingerprint density at radius 1 is 1.07 bits per heavy atom. The number of hydrogen-bond acceptors (Lipinski definition) is 5. The maximum absolute atomic E-state index is 12.6. The highest BCUT2D eigenvalue weighted by Gasteiger charge is 2.15. The summed E-state index contributed by atoms with van der Waals surface area (Å²) in [6.45, 7) is 3.61. The number of nitrogens with one attached hydrogen (secondary N) is 2. The van der Waals surface area contributed by atoms with Crippen molar-refractivity contribution in [2.24, 2.45) is 0 Å². The SMILES string of the molecule is CCOCCCNC(=O)c1cc(NC(=O)COc2ccccc2)ccc1N(C)C. The van der Waals surface area contributed by atoms with Gasteiger partial charge in [-0.2, -0.15) is 0 Å². The van der Waals surface area contributed by atoms with Crippen molar-refractivity contribution < 1.29 is 19.1 Å². The predicted octanol–water partition coefficient (Wildman–Crippen LogP) is 2.93. The maximum Gasteiger partial charge on any atom is 0.262 e. The molecule has 0 aliphatic rings. The largest absolute Gasteiger partial charge is 0.484 e. The molecule has 2 aromatic rings. The highest BCUT2D eigenvalue weighted by Crippen LogP contribution is 2.23. The highest BCUT2D eigenvalue weighted by molar-refractivity contribution is 6.02. The van der Waals surface area contributed by atoms with E-state index >= 15 is 0 Å². The fourth-order valence-electron chi connectivity index (χ4n) is 2.66. The number of carbonyl (C=O) groups excluding carboxylic acids is 2. The molecule has 0 aliphatic carbocycles. The lowest BCUT2D eigenvalue weighted by molar-refractivity contribution is -0.118. The van der Waals surface area contributed by atoms with Gasteiger partial charge >= 0.3 is 0 Å². The van der Waals surface area contributed by atoms with Crippen LogP contribution in [-0.4, -0.2) is 52.3 Å². The van der Waals surface area contributed by atoms with E-state index in [1.54, 1.807) is 24.3 Å². The van der Waals surface area contributed by atoms with Gasteiger partial charge in [0.25, 0.3) is 11.8 Å². The third-order valence-electron chi connectivity index (χ3n) is 4.08. The number of carbonyl (C=O) groups is 2. The molecular formula is C22H29N3O4. The van der Waals surface area contributed by atoms with E-state index in [0.29, 0.717) is 36.8 Å². The second-order valence-electron chi connectivity index (χ2n) is 6.58. The summed E-state index contributed by atoms with van der Waals surface area (Å²) >= 11 is 0. The van der Waals surface area contributed by atoms with Crippen LogP contribution in [0, 0.1) is 0 Å². The Morgan fingerprint density at radius 3 is 2.52 bits per heavy atom. The molecule has 156 valence electrons. The molecule has 0 saturated carbocycles. The molecule has 2 N–H and O–H groups in total. The lowest BCUT2D eigenvalue weighted by atomic mass is 10.1. The minimum Gasteiger partial charge on any atom is -0.484 e. The summed E-state index contributed by atoms with van der Waals surface area (Å²) in [5, 5.41) is 5.67. The molecule has 2 rings (SSSR count). The summed E-state index contributed by atoms with van der Waals surface area (Å²) in [7, 11) is 3.74. The number of anilines is 2. The van der Waals surface area contributed by atoms with Crippen LogP contribution < -0.4 is 20.3 Å². The van der Waals surface area contributed by atoms with Gasteiger partial charge < -0.3 is 25.0 Å². The number of rotatable bonds is 11. The lowest BCUT2D eigenvalue weighted by Gasteiger charge is -2.18. The first kappa shape index (κ1) is 22.2. The predicted molar refractivity (Wildman–Crippen MR) is 115 cm³/mol. The van der Waals surface area contributed by atoms with Crippen LogP contribution in [0.3, 0.4) is 0 Å². The van der Waals surface area contributed by atoms with Gasteiger partial charge in [0.05, 0.1) is 5.56 Å². The van der Waals surface area contributed by atoms with E-state index in [9.17, 15) is 9.59 Å². The van der Waals surface area contributed by atoms with Crippen molar-refractivity contribution in [2.45, 2.75) is 13.3 Å². The average Bonchev–Trinajstić information content (AvgIpc) is 2.72. The summed E-state index contributed by atoms with van der Waals surface area (Å²) in [5.74, 6) is 0.133. The molecule has 0 atom stereocenters. The standard InChI is InChI=1S/C22H29N3O4/c1-4-28-14-8-13-23-22(27)19-15-17(11-12-20(19)25(2)3)24-21(26)16-29-18-9-6-5-7-10-18/h5-7,9-12,15H,4,8,13-14,16H2,1-3H3,(H,23,27)(H,24,26). The first-order valence-electron chi connectivity index (χ1n) is 9.66. The van der Waals surface area contributed by atoms with Gasteiger partial charge in [-0.3, -0.25) is 9.59 Å².